The molecule has 0 spiro atoms. The van der Waals surface area contributed by atoms with Crippen molar-refractivity contribution in [3.63, 3.8) is 0 Å². The zero-order valence-corrected chi connectivity index (χ0v) is 13.2. The van der Waals surface area contributed by atoms with E-state index in [2.05, 4.69) is 24.9 Å². The number of anilines is 1. The number of nitrogens with zero attached hydrogens (tertiary/aromatic N) is 6. The molecule has 10 heteroatoms. The van der Waals surface area contributed by atoms with Gasteiger partial charge in [-0.3, -0.25) is 9.67 Å². The fraction of sp³-hybridized carbons (Fsp3) is 0.231. The summed E-state index contributed by atoms with van der Waals surface area (Å²) in [6.45, 7) is 2.92. The van der Waals surface area contributed by atoms with Gasteiger partial charge in [-0.1, -0.05) is 6.07 Å². The van der Waals surface area contributed by atoms with Crippen LogP contribution in [0.4, 0.5) is 5.95 Å². The van der Waals surface area contributed by atoms with Crippen LogP contribution in [-0.4, -0.2) is 37.9 Å². The Kier molecular flexibility index (Phi) is 4.06. The molecule has 0 amide bonds. The molecule has 0 fully saturated rings. The van der Waals surface area contributed by atoms with Crippen molar-refractivity contribution in [2.24, 2.45) is 0 Å². The van der Waals surface area contributed by atoms with E-state index in [1.54, 1.807) is 12.4 Å². The van der Waals surface area contributed by atoms with E-state index in [1.807, 2.05) is 19.1 Å². The molecule has 0 saturated heterocycles. The molecule has 0 aliphatic carbocycles. The average Bonchev–Trinajstić information content (AvgIpc) is 3.17. The van der Waals surface area contributed by atoms with E-state index in [1.165, 1.54) is 28.1 Å². The van der Waals surface area contributed by atoms with Gasteiger partial charge < -0.3 is 0 Å². The predicted octanol–water partition coefficient (Wildman–Crippen LogP) is 0.739. The fourth-order valence-corrected chi connectivity index (χ4v) is 2.83. The average molecular weight is 333 g/mol. The minimum absolute atomic E-state index is 0.0122. The summed E-state index contributed by atoms with van der Waals surface area (Å²) >= 11 is 0. The summed E-state index contributed by atoms with van der Waals surface area (Å²) in [5, 5.41) is 8.05. The van der Waals surface area contributed by atoms with Crippen LogP contribution in [0, 0.1) is 0 Å². The maximum atomic E-state index is 12.2. The molecule has 0 aliphatic heterocycles. The van der Waals surface area contributed by atoms with Crippen LogP contribution in [0.2, 0.25) is 0 Å². The Morgan fingerprint density at radius 1 is 1.26 bits per heavy atom. The Bertz CT molecular complexity index is 886. The third-order valence-electron chi connectivity index (χ3n) is 3.07. The van der Waals surface area contributed by atoms with Crippen molar-refractivity contribution in [1.82, 2.24) is 29.5 Å². The molecular weight excluding hydrogens is 318 g/mol. The second kappa shape index (κ2) is 6.16. The van der Waals surface area contributed by atoms with Crippen molar-refractivity contribution < 1.29 is 8.42 Å². The summed E-state index contributed by atoms with van der Waals surface area (Å²) in [6, 6.07) is 3.72. The van der Waals surface area contributed by atoms with Crippen molar-refractivity contribution >= 4 is 16.0 Å². The first kappa shape index (κ1) is 15.2. The highest BCUT2D eigenvalue weighted by molar-refractivity contribution is 7.92. The first-order valence-electron chi connectivity index (χ1n) is 6.90. The van der Waals surface area contributed by atoms with E-state index in [0.717, 1.165) is 5.56 Å². The maximum absolute atomic E-state index is 12.2. The number of aromatic nitrogens is 6. The number of sulfonamides is 1. The predicted molar refractivity (Wildman–Crippen MR) is 82.1 cm³/mol. The first-order valence-corrected chi connectivity index (χ1v) is 8.39. The molecule has 0 aromatic carbocycles. The molecule has 23 heavy (non-hydrogen) atoms. The third-order valence-corrected chi connectivity index (χ3v) is 4.36. The lowest BCUT2D eigenvalue weighted by Crippen LogP contribution is -2.14. The topological polar surface area (TPSA) is 108 Å². The Hall–Kier alpha value is -2.75. The third kappa shape index (κ3) is 3.54. The van der Waals surface area contributed by atoms with Gasteiger partial charge in [0, 0.05) is 25.1 Å². The highest BCUT2D eigenvalue weighted by atomic mass is 32.2. The van der Waals surface area contributed by atoms with Gasteiger partial charge in [-0.2, -0.15) is 10.1 Å². The molecule has 0 saturated carbocycles. The molecule has 9 nitrogen and oxygen atoms in total. The quantitative estimate of drug-likeness (QED) is 0.713. The minimum atomic E-state index is -3.75. The second-order valence-electron chi connectivity index (χ2n) is 4.76. The normalized spacial score (nSPS) is 11.5. The molecule has 0 radical (unpaired) electrons. The van der Waals surface area contributed by atoms with Crippen molar-refractivity contribution in [2.75, 3.05) is 4.72 Å². The van der Waals surface area contributed by atoms with Crippen molar-refractivity contribution in [3.8, 4) is 0 Å². The highest BCUT2D eigenvalue weighted by Gasteiger charge is 2.18. The molecule has 1 N–H and O–H groups in total. The number of hydrogen-bond donors (Lipinski definition) is 1. The van der Waals surface area contributed by atoms with Crippen LogP contribution in [0.15, 0.2) is 48.1 Å². The van der Waals surface area contributed by atoms with Gasteiger partial charge >= 0.3 is 0 Å². The molecule has 3 aromatic rings. The zero-order valence-electron chi connectivity index (χ0n) is 12.4. The molecule has 3 heterocycles. The molecule has 0 unspecified atom stereocenters. The SMILES string of the molecule is CCn1cc(S(=O)(=O)Nc2ncn(Cc3cccnc3)n2)cn1. The Balaban J connectivity index is 1.73. The second-order valence-corrected chi connectivity index (χ2v) is 6.45. The van der Waals surface area contributed by atoms with Crippen molar-refractivity contribution in [3.05, 3.63) is 48.8 Å². The van der Waals surface area contributed by atoms with E-state index in [-0.39, 0.29) is 10.8 Å². The number of pyridine rings is 1. The molecule has 3 rings (SSSR count). The Morgan fingerprint density at radius 3 is 2.83 bits per heavy atom. The molecule has 0 aliphatic rings. The highest BCUT2D eigenvalue weighted by Crippen LogP contribution is 2.12. The molecule has 0 bridgehead atoms. The van der Waals surface area contributed by atoms with Crippen LogP contribution in [0.25, 0.3) is 0 Å². The number of hydrogen-bond acceptors (Lipinski definition) is 6. The lowest BCUT2D eigenvalue weighted by molar-refractivity contribution is 0.600. The van der Waals surface area contributed by atoms with Crippen LogP contribution >= 0.6 is 0 Å². The van der Waals surface area contributed by atoms with Gasteiger partial charge in [0.15, 0.2) is 0 Å². The van der Waals surface area contributed by atoms with Crippen molar-refractivity contribution in [2.45, 2.75) is 24.9 Å². The molecule has 120 valence electrons. The lowest BCUT2D eigenvalue weighted by atomic mass is 10.3. The van der Waals surface area contributed by atoms with Gasteiger partial charge in [0.25, 0.3) is 16.0 Å². The molecule has 0 atom stereocenters. The summed E-state index contributed by atoms with van der Waals surface area (Å²) in [4.78, 5) is 8.05. The van der Waals surface area contributed by atoms with Crippen LogP contribution in [-0.2, 0) is 23.1 Å². The van der Waals surface area contributed by atoms with Gasteiger partial charge in [-0.25, -0.2) is 17.8 Å². The summed E-state index contributed by atoms with van der Waals surface area (Å²) in [5.41, 5.74) is 0.941. The Morgan fingerprint density at radius 2 is 2.13 bits per heavy atom. The van der Waals surface area contributed by atoms with E-state index >= 15 is 0 Å². The molecule has 3 aromatic heterocycles. The van der Waals surface area contributed by atoms with E-state index in [0.29, 0.717) is 13.1 Å². The van der Waals surface area contributed by atoms with Gasteiger partial charge in [-0.15, -0.1) is 5.10 Å². The van der Waals surface area contributed by atoms with Gasteiger partial charge in [0.1, 0.15) is 11.2 Å². The van der Waals surface area contributed by atoms with Crippen LogP contribution < -0.4 is 4.72 Å². The molecular formula is C13H15N7O2S. The van der Waals surface area contributed by atoms with Gasteiger partial charge in [-0.05, 0) is 18.6 Å². The monoisotopic (exact) mass is 333 g/mol. The van der Waals surface area contributed by atoms with E-state index in [4.69, 9.17) is 0 Å². The van der Waals surface area contributed by atoms with Crippen molar-refractivity contribution in [1.29, 1.82) is 0 Å². The summed E-state index contributed by atoms with van der Waals surface area (Å²) in [6.07, 6.45) is 7.60. The van der Waals surface area contributed by atoms with Gasteiger partial charge in [0.2, 0.25) is 0 Å². The summed E-state index contributed by atoms with van der Waals surface area (Å²) in [7, 11) is -3.75. The zero-order chi connectivity index (χ0) is 16.3. The van der Waals surface area contributed by atoms with Gasteiger partial charge in [0.05, 0.1) is 12.7 Å². The minimum Gasteiger partial charge on any atom is -0.272 e. The Labute approximate surface area is 133 Å². The summed E-state index contributed by atoms with van der Waals surface area (Å²) in [5.74, 6) is 0.0122. The number of aryl methyl sites for hydroxylation is 1. The smallest absolute Gasteiger partial charge is 0.267 e. The van der Waals surface area contributed by atoms with Crippen LogP contribution in [0.1, 0.15) is 12.5 Å². The van der Waals surface area contributed by atoms with E-state index in [9.17, 15) is 8.42 Å². The standard InChI is InChI=1S/C13H15N7O2S/c1-2-19-9-12(7-16-19)23(21,22)18-13-15-10-20(17-13)8-11-4-3-5-14-6-11/h3-7,9-10H,2,8H2,1H3,(H,17,18). The number of rotatable bonds is 6. The number of nitrogens with one attached hydrogen (secondary N) is 1. The van der Waals surface area contributed by atoms with Crippen LogP contribution in [0.3, 0.4) is 0 Å². The maximum Gasteiger partial charge on any atom is 0.267 e. The van der Waals surface area contributed by atoms with Crippen LogP contribution in [0.5, 0.6) is 0 Å². The fourth-order valence-electron chi connectivity index (χ4n) is 1.93. The van der Waals surface area contributed by atoms with E-state index < -0.39 is 10.0 Å². The lowest BCUT2D eigenvalue weighted by Gasteiger charge is -2.02. The summed E-state index contributed by atoms with van der Waals surface area (Å²) < 4.78 is 29.9. The largest absolute Gasteiger partial charge is 0.272 e. The first-order chi connectivity index (χ1) is 11.1.